The van der Waals surface area contributed by atoms with Gasteiger partial charge in [0.25, 0.3) is 0 Å². The summed E-state index contributed by atoms with van der Waals surface area (Å²) < 4.78 is 0. The second-order valence-electron chi connectivity index (χ2n) is 5.07. The largest absolute Gasteiger partial charge is 0.481 e. The van der Waals surface area contributed by atoms with Gasteiger partial charge < -0.3 is 5.11 Å². The van der Waals surface area contributed by atoms with Crippen LogP contribution >= 0.6 is 12.6 Å². The third kappa shape index (κ3) is 3.76. The molecule has 114 valence electrons. The van der Waals surface area contributed by atoms with E-state index >= 15 is 0 Å². The van der Waals surface area contributed by atoms with Crippen LogP contribution in [-0.2, 0) is 31.0 Å². The summed E-state index contributed by atoms with van der Waals surface area (Å²) in [5, 5.41) is 15.7. The maximum Gasteiger partial charge on any atom is 0.304 e. The Morgan fingerprint density at radius 3 is 2.13 bits per heavy atom. The van der Waals surface area contributed by atoms with Crippen LogP contribution in [0, 0.1) is 6.07 Å². The van der Waals surface area contributed by atoms with Gasteiger partial charge in [0, 0.05) is 32.0 Å². The molecule has 23 heavy (non-hydrogen) atoms. The molecule has 0 atom stereocenters. The van der Waals surface area contributed by atoms with Gasteiger partial charge >= 0.3 is 5.97 Å². The van der Waals surface area contributed by atoms with Gasteiger partial charge in [0.15, 0.2) is 0 Å². The van der Waals surface area contributed by atoms with Gasteiger partial charge in [-0.15, -0.1) is 35.0 Å². The normalized spacial score (nSPS) is 10.3. The number of rotatable bonds is 2. The monoisotopic (exact) mass is 397 g/mol. The second kappa shape index (κ2) is 7.94. The third-order valence-corrected chi connectivity index (χ3v) is 3.86. The Kier molecular flexibility index (Phi) is 6.20. The molecule has 0 spiro atoms. The van der Waals surface area contributed by atoms with Gasteiger partial charge in [-0.2, -0.15) is 12.6 Å². The predicted octanol–water partition coefficient (Wildman–Crippen LogP) is 4.77. The molecule has 4 aromatic rings. The van der Waals surface area contributed by atoms with Crippen molar-refractivity contribution in [2.75, 3.05) is 5.75 Å². The van der Waals surface area contributed by atoms with E-state index in [0.717, 1.165) is 0 Å². The Balaban J connectivity index is 0.000000241. The van der Waals surface area contributed by atoms with E-state index in [1.165, 1.54) is 32.3 Å². The number of carbonyl (C=O) groups is 1. The average molecular weight is 399 g/mol. The quantitative estimate of drug-likeness (QED) is 0.290. The molecule has 4 rings (SSSR count). The van der Waals surface area contributed by atoms with E-state index in [1.54, 1.807) is 0 Å². The molecule has 0 aliphatic carbocycles. The van der Waals surface area contributed by atoms with E-state index in [1.807, 2.05) is 6.07 Å². The van der Waals surface area contributed by atoms with Gasteiger partial charge in [-0.25, -0.2) is 0 Å². The Bertz CT molecular complexity index is 806. The summed E-state index contributed by atoms with van der Waals surface area (Å²) in [4.78, 5) is 9.55. The van der Waals surface area contributed by atoms with Crippen molar-refractivity contribution in [1.82, 2.24) is 0 Å². The molecule has 2 nitrogen and oxygen atoms in total. The minimum atomic E-state index is -0.787. The molecule has 0 saturated heterocycles. The average Bonchev–Trinajstić information content (AvgIpc) is 2.53. The van der Waals surface area contributed by atoms with Crippen molar-refractivity contribution in [3.8, 4) is 0 Å². The van der Waals surface area contributed by atoms with Gasteiger partial charge in [-0.1, -0.05) is 41.8 Å². The van der Waals surface area contributed by atoms with Crippen LogP contribution in [0.4, 0.5) is 0 Å². The summed E-state index contributed by atoms with van der Waals surface area (Å²) >= 11 is 3.68. The molecule has 0 aliphatic heterocycles. The zero-order valence-corrected chi connectivity index (χ0v) is 15.8. The van der Waals surface area contributed by atoms with Crippen molar-refractivity contribution in [2.24, 2.45) is 0 Å². The SMILES string of the molecule is O=C(O)CCS.[Zr].[c-]1ccc2ccc3cccc4ccc1c2c43. The van der Waals surface area contributed by atoms with Crippen molar-refractivity contribution in [2.45, 2.75) is 6.42 Å². The molecule has 0 heterocycles. The van der Waals surface area contributed by atoms with Crippen LogP contribution < -0.4 is 0 Å². The fraction of sp³-hybridized carbons (Fsp3) is 0.105. The van der Waals surface area contributed by atoms with Gasteiger partial charge in [0.2, 0.25) is 0 Å². The number of thiol groups is 1. The number of benzene rings is 4. The first-order valence-electron chi connectivity index (χ1n) is 7.07. The van der Waals surface area contributed by atoms with Gasteiger partial charge in [-0.3, -0.25) is 4.79 Å². The van der Waals surface area contributed by atoms with Crippen LogP contribution in [-0.4, -0.2) is 16.8 Å². The first-order valence-corrected chi connectivity index (χ1v) is 7.71. The summed E-state index contributed by atoms with van der Waals surface area (Å²) in [5.74, 6) is -0.361. The smallest absolute Gasteiger partial charge is 0.304 e. The van der Waals surface area contributed by atoms with Crippen LogP contribution in [0.1, 0.15) is 6.42 Å². The van der Waals surface area contributed by atoms with Crippen LogP contribution in [0.25, 0.3) is 32.3 Å². The summed E-state index contributed by atoms with van der Waals surface area (Å²) in [5.41, 5.74) is 0. The third-order valence-electron chi connectivity index (χ3n) is 3.64. The number of carboxylic acids is 1. The predicted molar refractivity (Wildman–Crippen MR) is 95.1 cm³/mol. The molecule has 4 aromatic carbocycles. The van der Waals surface area contributed by atoms with Gasteiger partial charge in [-0.05, 0) is 16.2 Å². The Morgan fingerprint density at radius 1 is 0.957 bits per heavy atom. The van der Waals surface area contributed by atoms with Crippen LogP contribution in [0.5, 0.6) is 0 Å². The first-order chi connectivity index (χ1) is 10.7. The van der Waals surface area contributed by atoms with E-state index in [9.17, 15) is 4.79 Å². The summed E-state index contributed by atoms with van der Waals surface area (Å²) in [6.07, 6.45) is 0.156. The van der Waals surface area contributed by atoms with Gasteiger partial charge in [0.1, 0.15) is 0 Å². The molecule has 0 aliphatic rings. The maximum atomic E-state index is 9.55. The van der Waals surface area contributed by atoms with Crippen molar-refractivity contribution in [3.05, 3.63) is 60.7 Å². The van der Waals surface area contributed by atoms with Crippen molar-refractivity contribution in [1.29, 1.82) is 0 Å². The molecule has 0 radical (unpaired) electrons. The second-order valence-corrected chi connectivity index (χ2v) is 5.51. The summed E-state index contributed by atoms with van der Waals surface area (Å²) in [6.45, 7) is 0. The standard InChI is InChI=1S/C16H9.C3H6O2S.Zr/c1-3-11-7-9-13-5-2-6-14-10-8-12(4-1)15(11)16(13)14;4-3(5)1-2-6;/h1-5,7-10H;6H,1-2H2,(H,4,5);/q-1;;. The number of hydrogen-bond acceptors (Lipinski definition) is 2. The molecule has 4 heteroatoms. The zero-order chi connectivity index (χ0) is 15.5. The Hall–Kier alpha value is -1.38. The maximum absolute atomic E-state index is 9.55. The van der Waals surface area contributed by atoms with E-state index in [2.05, 4.69) is 67.2 Å². The molecule has 0 unspecified atom stereocenters. The molecular weight excluding hydrogens is 383 g/mol. The Labute approximate surface area is 159 Å². The topological polar surface area (TPSA) is 37.3 Å². The van der Waals surface area contributed by atoms with Crippen LogP contribution in [0.3, 0.4) is 0 Å². The zero-order valence-electron chi connectivity index (χ0n) is 12.4. The van der Waals surface area contributed by atoms with E-state index in [0.29, 0.717) is 5.75 Å². The molecule has 0 fully saturated rings. The number of carboxylic acid groups (broad SMARTS) is 1. The number of aliphatic carboxylic acids is 1. The molecular formula is C19H15O2SZr-. The molecule has 0 amide bonds. The van der Waals surface area contributed by atoms with Gasteiger partial charge in [0.05, 0.1) is 6.42 Å². The fourth-order valence-electron chi connectivity index (χ4n) is 2.69. The van der Waals surface area contributed by atoms with Crippen LogP contribution in [0.2, 0.25) is 0 Å². The summed E-state index contributed by atoms with van der Waals surface area (Å²) in [6, 6.07) is 22.6. The van der Waals surface area contributed by atoms with E-state index in [-0.39, 0.29) is 32.6 Å². The first kappa shape index (κ1) is 18.0. The van der Waals surface area contributed by atoms with E-state index in [4.69, 9.17) is 5.11 Å². The fourth-order valence-corrected chi connectivity index (χ4v) is 2.88. The van der Waals surface area contributed by atoms with Crippen molar-refractivity contribution in [3.63, 3.8) is 0 Å². The van der Waals surface area contributed by atoms with Crippen LogP contribution in [0.15, 0.2) is 54.6 Å². The molecule has 0 bridgehead atoms. The van der Waals surface area contributed by atoms with E-state index < -0.39 is 5.97 Å². The minimum absolute atomic E-state index is 0. The van der Waals surface area contributed by atoms with Crippen molar-refractivity contribution >= 4 is 50.9 Å². The molecule has 0 saturated carbocycles. The number of hydrogen-bond donors (Lipinski definition) is 2. The minimum Gasteiger partial charge on any atom is -0.481 e. The summed E-state index contributed by atoms with van der Waals surface area (Å²) in [7, 11) is 0. The molecule has 1 N–H and O–H groups in total. The molecule has 0 aromatic heterocycles. The Morgan fingerprint density at radius 2 is 1.57 bits per heavy atom. The van der Waals surface area contributed by atoms with Crippen molar-refractivity contribution < 1.29 is 36.1 Å².